The van der Waals surface area contributed by atoms with Gasteiger partial charge in [-0.2, -0.15) is 0 Å². The van der Waals surface area contributed by atoms with Crippen molar-refractivity contribution < 1.29 is 4.74 Å². The number of likely N-dealkylation sites (tertiary alicyclic amines) is 1. The SMILES string of the molecule is CN=C(NCCCc1nc2c(s1)CCCC2)N1CCC(c2ccc(OC)cc2)C1.I. The fraction of sp³-hybridized carbons (Fsp3) is 0.565. The Morgan fingerprint density at radius 3 is 2.80 bits per heavy atom. The van der Waals surface area contributed by atoms with E-state index < -0.39 is 0 Å². The van der Waals surface area contributed by atoms with E-state index in [0.717, 1.165) is 50.6 Å². The third kappa shape index (κ3) is 5.66. The van der Waals surface area contributed by atoms with Crippen molar-refractivity contribution in [2.75, 3.05) is 33.8 Å². The number of aryl methyl sites for hydroxylation is 3. The maximum atomic E-state index is 5.28. The minimum Gasteiger partial charge on any atom is -0.497 e. The van der Waals surface area contributed by atoms with Crippen LogP contribution in [0.25, 0.3) is 0 Å². The molecule has 0 amide bonds. The van der Waals surface area contributed by atoms with Crippen LogP contribution in [0.3, 0.4) is 0 Å². The zero-order valence-electron chi connectivity index (χ0n) is 18.0. The van der Waals surface area contributed by atoms with E-state index in [0.29, 0.717) is 5.92 Å². The van der Waals surface area contributed by atoms with Gasteiger partial charge in [0.05, 0.1) is 17.8 Å². The Morgan fingerprint density at radius 1 is 1.27 bits per heavy atom. The van der Waals surface area contributed by atoms with Gasteiger partial charge in [-0.3, -0.25) is 4.99 Å². The number of methoxy groups -OCH3 is 1. The third-order valence-electron chi connectivity index (χ3n) is 6.03. The summed E-state index contributed by atoms with van der Waals surface area (Å²) in [6.07, 6.45) is 8.39. The van der Waals surface area contributed by atoms with Gasteiger partial charge in [0.15, 0.2) is 5.96 Å². The van der Waals surface area contributed by atoms with Crippen LogP contribution in [0.4, 0.5) is 0 Å². The monoisotopic (exact) mass is 540 g/mol. The summed E-state index contributed by atoms with van der Waals surface area (Å²) in [5.74, 6) is 2.50. The Balaban J connectivity index is 0.00000256. The maximum absolute atomic E-state index is 5.28. The second-order valence-electron chi connectivity index (χ2n) is 7.97. The summed E-state index contributed by atoms with van der Waals surface area (Å²) in [6.45, 7) is 3.02. The lowest BCUT2D eigenvalue weighted by Gasteiger charge is -2.21. The van der Waals surface area contributed by atoms with E-state index in [4.69, 9.17) is 9.72 Å². The molecule has 1 N–H and O–H groups in total. The molecular weight excluding hydrogens is 507 g/mol. The molecule has 1 aromatic carbocycles. The largest absolute Gasteiger partial charge is 0.497 e. The molecule has 4 rings (SSSR count). The molecule has 1 fully saturated rings. The molecular formula is C23H33IN4OS. The van der Waals surface area contributed by atoms with Crippen molar-refractivity contribution in [3.05, 3.63) is 45.4 Å². The van der Waals surface area contributed by atoms with Gasteiger partial charge in [0.25, 0.3) is 0 Å². The molecule has 1 aromatic heterocycles. The first-order valence-corrected chi connectivity index (χ1v) is 11.7. The maximum Gasteiger partial charge on any atom is 0.193 e. The highest BCUT2D eigenvalue weighted by molar-refractivity contribution is 14.0. The predicted molar refractivity (Wildman–Crippen MR) is 136 cm³/mol. The number of nitrogens with one attached hydrogen (secondary N) is 1. The van der Waals surface area contributed by atoms with Gasteiger partial charge in [-0.05, 0) is 56.2 Å². The molecule has 1 aliphatic heterocycles. The standard InChI is InChI=1S/C23H32N4OS.HI/c1-24-23(25-14-5-8-22-26-20-6-3-4-7-21(20)29-22)27-15-13-18(16-27)17-9-11-19(28-2)12-10-17;/h9-12,18H,3-8,13-16H2,1-2H3,(H,24,25);1H. The zero-order chi connectivity index (χ0) is 20.1. The quantitative estimate of drug-likeness (QED) is 0.251. The van der Waals surface area contributed by atoms with Gasteiger partial charge >= 0.3 is 0 Å². The Bertz CT molecular complexity index is 813. The Hall–Kier alpha value is -1.35. The average molecular weight is 541 g/mol. The molecule has 164 valence electrons. The van der Waals surface area contributed by atoms with Crippen molar-refractivity contribution >= 4 is 41.3 Å². The first-order chi connectivity index (χ1) is 14.3. The average Bonchev–Trinajstić information content (AvgIpc) is 3.41. The molecule has 0 radical (unpaired) electrons. The summed E-state index contributed by atoms with van der Waals surface area (Å²) in [4.78, 5) is 13.3. The third-order valence-corrected chi connectivity index (χ3v) is 7.24. The lowest BCUT2D eigenvalue weighted by Crippen LogP contribution is -2.40. The number of benzene rings is 1. The van der Waals surface area contributed by atoms with Crippen LogP contribution in [0.5, 0.6) is 5.75 Å². The van der Waals surface area contributed by atoms with Gasteiger partial charge in [0.2, 0.25) is 0 Å². The number of aromatic nitrogens is 1. The molecule has 2 aliphatic rings. The molecule has 0 spiro atoms. The van der Waals surface area contributed by atoms with E-state index >= 15 is 0 Å². The molecule has 5 nitrogen and oxygen atoms in total. The molecule has 2 heterocycles. The van der Waals surface area contributed by atoms with Crippen molar-refractivity contribution in [1.29, 1.82) is 0 Å². The normalized spacial score (nSPS) is 18.7. The minimum atomic E-state index is 0. The highest BCUT2D eigenvalue weighted by Crippen LogP contribution is 2.29. The van der Waals surface area contributed by atoms with Crippen molar-refractivity contribution in [3.8, 4) is 5.75 Å². The summed E-state index contributed by atoms with van der Waals surface area (Å²) >= 11 is 1.94. The molecule has 1 aliphatic carbocycles. The van der Waals surface area contributed by atoms with Gasteiger partial charge < -0.3 is 15.0 Å². The Kier molecular flexibility index (Phi) is 8.80. The fourth-order valence-electron chi connectivity index (χ4n) is 4.39. The van der Waals surface area contributed by atoms with Crippen molar-refractivity contribution in [3.63, 3.8) is 0 Å². The van der Waals surface area contributed by atoms with E-state index in [1.807, 2.05) is 18.4 Å². The van der Waals surface area contributed by atoms with E-state index in [1.54, 1.807) is 7.11 Å². The number of fused-ring (bicyclic) bond motifs is 1. The number of rotatable bonds is 6. The number of guanidine groups is 1. The molecule has 2 aromatic rings. The number of thiazole rings is 1. The Labute approximate surface area is 201 Å². The second kappa shape index (κ2) is 11.3. The van der Waals surface area contributed by atoms with Crippen LogP contribution in [0.15, 0.2) is 29.3 Å². The highest BCUT2D eigenvalue weighted by Gasteiger charge is 2.26. The van der Waals surface area contributed by atoms with Gasteiger partial charge in [0, 0.05) is 43.9 Å². The minimum absolute atomic E-state index is 0. The number of nitrogens with zero attached hydrogens (tertiary/aromatic N) is 3. The lowest BCUT2D eigenvalue weighted by atomic mass is 9.98. The highest BCUT2D eigenvalue weighted by atomic mass is 127. The van der Waals surface area contributed by atoms with Gasteiger partial charge in [-0.25, -0.2) is 4.98 Å². The molecule has 0 saturated carbocycles. The van der Waals surface area contributed by atoms with E-state index in [2.05, 4.69) is 39.5 Å². The van der Waals surface area contributed by atoms with Crippen LogP contribution in [-0.4, -0.2) is 49.6 Å². The van der Waals surface area contributed by atoms with E-state index in [-0.39, 0.29) is 24.0 Å². The van der Waals surface area contributed by atoms with E-state index in [9.17, 15) is 0 Å². The lowest BCUT2D eigenvalue weighted by molar-refractivity contribution is 0.414. The summed E-state index contributed by atoms with van der Waals surface area (Å²) < 4.78 is 5.28. The molecule has 0 bridgehead atoms. The summed E-state index contributed by atoms with van der Waals surface area (Å²) in [5.41, 5.74) is 2.76. The van der Waals surface area contributed by atoms with Crippen molar-refractivity contribution in [1.82, 2.24) is 15.2 Å². The van der Waals surface area contributed by atoms with Crippen molar-refractivity contribution in [2.45, 2.75) is 50.9 Å². The van der Waals surface area contributed by atoms with Crippen LogP contribution in [-0.2, 0) is 19.3 Å². The van der Waals surface area contributed by atoms with Crippen molar-refractivity contribution in [2.24, 2.45) is 4.99 Å². The van der Waals surface area contributed by atoms with Crippen LogP contribution < -0.4 is 10.1 Å². The first kappa shape index (κ1) is 23.3. The Morgan fingerprint density at radius 2 is 2.07 bits per heavy atom. The topological polar surface area (TPSA) is 49.8 Å². The number of halogens is 1. The van der Waals surface area contributed by atoms with Crippen LogP contribution in [0.2, 0.25) is 0 Å². The number of hydrogen-bond acceptors (Lipinski definition) is 4. The first-order valence-electron chi connectivity index (χ1n) is 10.8. The molecule has 1 unspecified atom stereocenters. The summed E-state index contributed by atoms with van der Waals surface area (Å²) in [5, 5.41) is 4.88. The van der Waals surface area contributed by atoms with Gasteiger partial charge in [0.1, 0.15) is 5.75 Å². The number of ether oxygens (including phenoxy) is 1. The zero-order valence-corrected chi connectivity index (χ0v) is 21.2. The van der Waals surface area contributed by atoms with Crippen LogP contribution >= 0.6 is 35.3 Å². The molecule has 1 atom stereocenters. The summed E-state index contributed by atoms with van der Waals surface area (Å²) in [6, 6.07) is 8.50. The second-order valence-corrected chi connectivity index (χ2v) is 9.14. The van der Waals surface area contributed by atoms with E-state index in [1.165, 1.54) is 46.8 Å². The molecule has 1 saturated heterocycles. The fourth-order valence-corrected chi connectivity index (χ4v) is 5.58. The number of aliphatic imine (C=N–C) groups is 1. The molecule has 30 heavy (non-hydrogen) atoms. The van der Waals surface area contributed by atoms with Crippen LogP contribution in [0, 0.1) is 0 Å². The smallest absolute Gasteiger partial charge is 0.193 e. The van der Waals surface area contributed by atoms with Gasteiger partial charge in [-0.15, -0.1) is 35.3 Å². The van der Waals surface area contributed by atoms with Crippen LogP contribution in [0.1, 0.15) is 52.7 Å². The molecule has 7 heteroatoms. The summed E-state index contributed by atoms with van der Waals surface area (Å²) in [7, 11) is 3.60. The van der Waals surface area contributed by atoms with Gasteiger partial charge in [-0.1, -0.05) is 12.1 Å². The number of hydrogen-bond donors (Lipinski definition) is 1. The predicted octanol–water partition coefficient (Wildman–Crippen LogP) is 4.65.